The summed E-state index contributed by atoms with van der Waals surface area (Å²) in [6.45, 7) is 5.57. The van der Waals surface area contributed by atoms with Crippen LogP contribution < -0.4 is 10.1 Å². The van der Waals surface area contributed by atoms with Crippen LogP contribution in [0, 0.1) is 5.82 Å². The predicted molar refractivity (Wildman–Crippen MR) is 134 cm³/mol. The van der Waals surface area contributed by atoms with Crippen LogP contribution in [0.2, 0.25) is 0 Å². The minimum atomic E-state index is -0.222. The van der Waals surface area contributed by atoms with Gasteiger partial charge in [-0.25, -0.2) is 4.39 Å². The van der Waals surface area contributed by atoms with E-state index in [9.17, 15) is 4.39 Å². The smallest absolute Gasteiger partial charge is 0.193 e. The number of nitrogens with one attached hydrogen (secondary N) is 1. The number of nitrogens with zero attached hydrogens (tertiary/aromatic N) is 2. The molecule has 170 valence electrons. The van der Waals surface area contributed by atoms with Gasteiger partial charge in [-0.05, 0) is 55.2 Å². The van der Waals surface area contributed by atoms with Crippen LogP contribution in [0.3, 0.4) is 0 Å². The molecule has 0 radical (unpaired) electrons. The van der Waals surface area contributed by atoms with Crippen LogP contribution in [0.25, 0.3) is 0 Å². The maximum absolute atomic E-state index is 13.2. The zero-order chi connectivity index (χ0) is 21.4. The van der Waals surface area contributed by atoms with Gasteiger partial charge in [0.1, 0.15) is 11.6 Å². The maximum atomic E-state index is 13.2. The van der Waals surface area contributed by atoms with Gasteiger partial charge in [-0.1, -0.05) is 24.3 Å². The predicted octanol–water partition coefficient (Wildman–Crippen LogP) is 4.60. The van der Waals surface area contributed by atoms with E-state index in [1.807, 2.05) is 26.1 Å². The Morgan fingerprint density at radius 1 is 1.13 bits per heavy atom. The van der Waals surface area contributed by atoms with Crippen molar-refractivity contribution in [2.75, 3.05) is 40.5 Å². The SMILES string of the molecule is CCOc1ccc(C2(CNC(=NC)N(C)Cc3ccc(F)cc3)CCOCC2)cc1.I. The average Bonchev–Trinajstić information content (AvgIpc) is 2.77. The molecule has 5 nitrogen and oxygen atoms in total. The summed E-state index contributed by atoms with van der Waals surface area (Å²) in [5.41, 5.74) is 2.31. The molecule has 2 aromatic rings. The molecule has 0 aliphatic carbocycles. The maximum Gasteiger partial charge on any atom is 0.193 e. The number of rotatable bonds is 7. The molecule has 0 spiro atoms. The van der Waals surface area contributed by atoms with Crippen molar-refractivity contribution in [3.05, 3.63) is 65.5 Å². The Morgan fingerprint density at radius 3 is 2.35 bits per heavy atom. The van der Waals surface area contributed by atoms with Crippen LogP contribution in [0.5, 0.6) is 5.75 Å². The number of benzene rings is 2. The van der Waals surface area contributed by atoms with Crippen molar-refractivity contribution >= 4 is 29.9 Å². The molecule has 2 aromatic carbocycles. The third-order valence-electron chi connectivity index (χ3n) is 5.72. The zero-order valence-corrected chi connectivity index (χ0v) is 20.9. The third kappa shape index (κ3) is 6.80. The van der Waals surface area contributed by atoms with Crippen molar-refractivity contribution in [3.8, 4) is 5.75 Å². The Bertz CT molecular complexity index is 822. The normalized spacial score (nSPS) is 15.7. The summed E-state index contributed by atoms with van der Waals surface area (Å²) in [6.07, 6.45) is 1.90. The summed E-state index contributed by atoms with van der Waals surface area (Å²) in [4.78, 5) is 6.51. The molecule has 1 fully saturated rings. The van der Waals surface area contributed by atoms with Crippen molar-refractivity contribution in [3.63, 3.8) is 0 Å². The van der Waals surface area contributed by atoms with Gasteiger partial charge >= 0.3 is 0 Å². The van der Waals surface area contributed by atoms with Gasteiger partial charge in [0.25, 0.3) is 0 Å². The lowest BCUT2D eigenvalue weighted by Crippen LogP contribution is -2.48. The standard InChI is InChI=1S/C24H32FN3O2.HI/c1-4-30-22-11-7-20(8-12-22)24(13-15-29-16-14-24)18-27-23(26-2)28(3)17-19-5-9-21(25)10-6-19;/h5-12H,4,13-18H2,1-3H3,(H,26,27);1H. The van der Waals surface area contributed by atoms with E-state index in [4.69, 9.17) is 9.47 Å². The van der Waals surface area contributed by atoms with Gasteiger partial charge in [0.15, 0.2) is 5.96 Å². The second kappa shape index (κ2) is 12.2. The molecule has 0 saturated carbocycles. The number of hydrogen-bond donors (Lipinski definition) is 1. The van der Waals surface area contributed by atoms with Gasteiger partial charge in [-0.2, -0.15) is 0 Å². The van der Waals surface area contributed by atoms with Gasteiger partial charge in [-0.3, -0.25) is 4.99 Å². The Hall–Kier alpha value is -1.87. The highest BCUT2D eigenvalue weighted by Gasteiger charge is 2.35. The number of guanidine groups is 1. The molecule has 0 atom stereocenters. The van der Waals surface area contributed by atoms with E-state index in [1.165, 1.54) is 17.7 Å². The fraction of sp³-hybridized carbons (Fsp3) is 0.458. The molecule has 3 rings (SSSR count). The minimum absolute atomic E-state index is 0. The third-order valence-corrected chi connectivity index (χ3v) is 5.72. The summed E-state index contributed by atoms with van der Waals surface area (Å²) in [5, 5.41) is 3.56. The fourth-order valence-electron chi connectivity index (χ4n) is 3.97. The molecule has 1 N–H and O–H groups in total. The molecule has 1 heterocycles. The lowest BCUT2D eigenvalue weighted by molar-refractivity contribution is 0.0512. The van der Waals surface area contributed by atoms with Gasteiger partial charge in [0.05, 0.1) is 6.61 Å². The fourth-order valence-corrected chi connectivity index (χ4v) is 3.97. The van der Waals surface area contributed by atoms with E-state index in [2.05, 4.69) is 27.3 Å². The van der Waals surface area contributed by atoms with E-state index in [1.54, 1.807) is 19.2 Å². The monoisotopic (exact) mass is 541 g/mol. The number of ether oxygens (including phenoxy) is 2. The van der Waals surface area contributed by atoms with Crippen LogP contribution in [0.4, 0.5) is 4.39 Å². The summed E-state index contributed by atoms with van der Waals surface area (Å²) in [6, 6.07) is 15.0. The summed E-state index contributed by atoms with van der Waals surface area (Å²) in [7, 11) is 3.78. The number of halogens is 2. The molecular weight excluding hydrogens is 508 g/mol. The van der Waals surface area contributed by atoms with Crippen LogP contribution in [-0.4, -0.2) is 51.3 Å². The highest BCUT2D eigenvalue weighted by molar-refractivity contribution is 14.0. The molecule has 1 aliphatic rings. The molecule has 0 aromatic heterocycles. The lowest BCUT2D eigenvalue weighted by atomic mass is 9.74. The summed E-state index contributed by atoms with van der Waals surface area (Å²) >= 11 is 0. The van der Waals surface area contributed by atoms with Crippen LogP contribution in [-0.2, 0) is 16.7 Å². The van der Waals surface area contributed by atoms with E-state index < -0.39 is 0 Å². The van der Waals surface area contributed by atoms with Crippen molar-refractivity contribution in [2.45, 2.75) is 31.7 Å². The quantitative estimate of drug-likeness (QED) is 0.317. The van der Waals surface area contributed by atoms with E-state index >= 15 is 0 Å². The Kier molecular flexibility index (Phi) is 10.0. The molecule has 31 heavy (non-hydrogen) atoms. The van der Waals surface area contributed by atoms with Gasteiger partial charge < -0.3 is 19.7 Å². The van der Waals surface area contributed by atoms with Gasteiger partial charge in [0.2, 0.25) is 0 Å². The van der Waals surface area contributed by atoms with E-state index in [0.29, 0.717) is 13.2 Å². The van der Waals surface area contributed by atoms with Crippen LogP contribution >= 0.6 is 24.0 Å². The summed E-state index contributed by atoms with van der Waals surface area (Å²) < 4.78 is 24.4. The molecule has 0 amide bonds. The van der Waals surface area contributed by atoms with Crippen molar-refractivity contribution in [1.82, 2.24) is 10.2 Å². The molecule has 7 heteroatoms. The average molecular weight is 541 g/mol. The Labute approximate surface area is 202 Å². The molecule has 0 bridgehead atoms. The van der Waals surface area contributed by atoms with Crippen molar-refractivity contribution in [2.24, 2.45) is 4.99 Å². The highest BCUT2D eigenvalue weighted by Crippen LogP contribution is 2.35. The Morgan fingerprint density at radius 2 is 1.77 bits per heavy atom. The molecule has 0 unspecified atom stereocenters. The van der Waals surface area contributed by atoms with Gasteiger partial charge in [0, 0.05) is 45.8 Å². The lowest BCUT2D eigenvalue weighted by Gasteiger charge is -2.39. The first-order chi connectivity index (χ1) is 14.6. The van der Waals surface area contributed by atoms with Gasteiger partial charge in [-0.15, -0.1) is 24.0 Å². The highest BCUT2D eigenvalue weighted by atomic mass is 127. The first kappa shape index (κ1) is 25.4. The number of aliphatic imine (C=N–C) groups is 1. The topological polar surface area (TPSA) is 46.1 Å². The Balaban J connectivity index is 0.00000341. The minimum Gasteiger partial charge on any atom is -0.494 e. The van der Waals surface area contributed by atoms with Crippen molar-refractivity contribution < 1.29 is 13.9 Å². The second-order valence-corrected chi connectivity index (χ2v) is 7.73. The summed E-state index contributed by atoms with van der Waals surface area (Å²) in [5.74, 6) is 1.49. The van der Waals surface area contributed by atoms with Crippen LogP contribution in [0.15, 0.2) is 53.5 Å². The largest absolute Gasteiger partial charge is 0.494 e. The first-order valence-corrected chi connectivity index (χ1v) is 10.5. The van der Waals surface area contributed by atoms with Crippen molar-refractivity contribution in [1.29, 1.82) is 0 Å². The second-order valence-electron chi connectivity index (χ2n) is 7.73. The molecular formula is C24H33FIN3O2. The molecule has 1 aliphatic heterocycles. The first-order valence-electron chi connectivity index (χ1n) is 10.5. The van der Waals surface area contributed by atoms with E-state index in [0.717, 1.165) is 49.9 Å². The molecule has 1 saturated heterocycles. The van der Waals surface area contributed by atoms with Crippen LogP contribution in [0.1, 0.15) is 30.9 Å². The zero-order valence-electron chi connectivity index (χ0n) is 18.6. The van der Waals surface area contributed by atoms with E-state index in [-0.39, 0.29) is 35.2 Å². The number of hydrogen-bond acceptors (Lipinski definition) is 3.